The van der Waals surface area contributed by atoms with Crippen molar-refractivity contribution in [2.75, 3.05) is 33.8 Å². The smallest absolute Gasteiger partial charge is 0.256 e. The molecule has 0 spiro atoms. The van der Waals surface area contributed by atoms with Gasteiger partial charge in [-0.25, -0.2) is 5.01 Å². The fourth-order valence-corrected chi connectivity index (χ4v) is 4.93. The Labute approximate surface area is 224 Å². The molecule has 1 fully saturated rings. The number of hydrogen-bond acceptors (Lipinski definition) is 6. The highest BCUT2D eigenvalue weighted by atomic mass is 16.5. The molecule has 2 aromatic rings. The fourth-order valence-electron chi connectivity index (χ4n) is 4.93. The van der Waals surface area contributed by atoms with Crippen LogP contribution in [0.5, 0.6) is 0 Å². The number of rotatable bonds is 10. The maximum atomic E-state index is 13.9. The number of hydrazone groups is 1. The minimum Gasteiger partial charge on any atom is -0.374 e. The van der Waals surface area contributed by atoms with Crippen molar-refractivity contribution < 1.29 is 19.1 Å². The van der Waals surface area contributed by atoms with Crippen molar-refractivity contribution in [3.63, 3.8) is 0 Å². The Kier molecular flexibility index (Phi) is 8.28. The average Bonchev–Trinajstić information content (AvgIpc) is 3.17. The number of nitrogens with one attached hydrogen (secondary N) is 2. The topological polar surface area (TPSA) is 103 Å². The summed E-state index contributed by atoms with van der Waals surface area (Å²) in [5, 5.41) is 11.8. The van der Waals surface area contributed by atoms with Crippen molar-refractivity contribution in [1.82, 2.24) is 20.5 Å². The molecule has 0 aliphatic carbocycles. The van der Waals surface area contributed by atoms with Gasteiger partial charge in [-0.05, 0) is 38.4 Å². The maximum absolute atomic E-state index is 13.9. The van der Waals surface area contributed by atoms with Crippen LogP contribution < -0.4 is 10.6 Å². The molecule has 2 aliphatic rings. The van der Waals surface area contributed by atoms with Crippen LogP contribution in [-0.2, 0) is 32.1 Å². The van der Waals surface area contributed by atoms with Gasteiger partial charge in [-0.2, -0.15) is 5.10 Å². The van der Waals surface area contributed by atoms with E-state index < -0.39 is 17.0 Å². The van der Waals surface area contributed by atoms with E-state index in [1.54, 1.807) is 32.8 Å². The Morgan fingerprint density at radius 2 is 1.71 bits per heavy atom. The summed E-state index contributed by atoms with van der Waals surface area (Å²) in [5.41, 5.74) is 0.979. The molecule has 9 nitrogen and oxygen atoms in total. The summed E-state index contributed by atoms with van der Waals surface area (Å²) in [5.74, 6) is -0.699. The molecular weight excluding hydrogens is 482 g/mol. The van der Waals surface area contributed by atoms with E-state index in [1.165, 1.54) is 5.01 Å². The third kappa shape index (κ3) is 5.79. The highest BCUT2D eigenvalue weighted by molar-refractivity contribution is 6.13. The summed E-state index contributed by atoms with van der Waals surface area (Å²) in [6.07, 6.45) is 0.941. The molecule has 202 valence electrons. The summed E-state index contributed by atoms with van der Waals surface area (Å²) in [6, 6.07) is 18.6. The van der Waals surface area contributed by atoms with Gasteiger partial charge in [0.25, 0.3) is 5.91 Å². The number of ether oxygens (including phenoxy) is 1. The van der Waals surface area contributed by atoms with Crippen LogP contribution in [0.3, 0.4) is 0 Å². The van der Waals surface area contributed by atoms with Crippen molar-refractivity contribution in [3.8, 4) is 0 Å². The van der Waals surface area contributed by atoms with Crippen LogP contribution in [0.4, 0.5) is 0 Å². The lowest BCUT2D eigenvalue weighted by molar-refractivity contribution is -0.144. The first-order chi connectivity index (χ1) is 18.2. The Morgan fingerprint density at radius 3 is 2.34 bits per heavy atom. The van der Waals surface area contributed by atoms with E-state index >= 15 is 0 Å². The van der Waals surface area contributed by atoms with Crippen molar-refractivity contribution in [2.45, 2.75) is 44.9 Å². The van der Waals surface area contributed by atoms with E-state index in [4.69, 9.17) is 4.74 Å². The number of fused-ring (bicyclic) bond motifs is 1. The minimum absolute atomic E-state index is 0.0102. The number of carbonyl (C=O) groups excluding carboxylic acids is 3. The quantitative estimate of drug-likeness (QED) is 0.500. The van der Waals surface area contributed by atoms with Crippen molar-refractivity contribution in [3.05, 3.63) is 71.8 Å². The van der Waals surface area contributed by atoms with Crippen LogP contribution in [0.15, 0.2) is 65.8 Å². The van der Waals surface area contributed by atoms with Crippen LogP contribution >= 0.6 is 0 Å². The molecule has 0 saturated carbocycles. The third-order valence-corrected chi connectivity index (χ3v) is 7.46. The van der Waals surface area contributed by atoms with Gasteiger partial charge in [0.2, 0.25) is 11.8 Å². The molecule has 2 unspecified atom stereocenters. The van der Waals surface area contributed by atoms with Crippen LogP contribution in [0.25, 0.3) is 0 Å². The zero-order valence-corrected chi connectivity index (χ0v) is 22.6. The second kappa shape index (κ2) is 11.4. The second-order valence-electron chi connectivity index (χ2n) is 10.5. The van der Waals surface area contributed by atoms with E-state index in [-0.39, 0.29) is 30.9 Å². The Bertz CT molecular complexity index is 1180. The normalized spacial score (nSPS) is 20.1. The molecule has 0 bridgehead atoms. The number of likely N-dealkylation sites (tertiary alicyclic amines) is 1. The number of piperidine rings is 1. The monoisotopic (exact) mass is 519 g/mol. The number of benzene rings is 2. The van der Waals surface area contributed by atoms with Crippen LogP contribution in [0, 0.1) is 5.41 Å². The molecule has 38 heavy (non-hydrogen) atoms. The van der Waals surface area contributed by atoms with E-state index in [1.807, 2.05) is 60.7 Å². The number of likely N-dealkylation sites (N-methyl/N-ethyl adjacent to an activating group) is 1. The average molecular weight is 520 g/mol. The van der Waals surface area contributed by atoms with Gasteiger partial charge in [0.15, 0.2) is 0 Å². The first-order valence-corrected chi connectivity index (χ1v) is 13.0. The summed E-state index contributed by atoms with van der Waals surface area (Å²) in [6.45, 7) is 4.43. The van der Waals surface area contributed by atoms with Gasteiger partial charge in [-0.1, -0.05) is 60.7 Å². The van der Waals surface area contributed by atoms with E-state index in [0.717, 1.165) is 16.8 Å². The summed E-state index contributed by atoms with van der Waals surface area (Å²) >= 11 is 0. The molecule has 1 saturated heterocycles. The lowest BCUT2D eigenvalue weighted by Gasteiger charge is -2.41. The molecule has 2 aromatic carbocycles. The highest BCUT2D eigenvalue weighted by Crippen LogP contribution is 2.38. The molecule has 0 radical (unpaired) electrons. The first-order valence-electron chi connectivity index (χ1n) is 13.0. The van der Waals surface area contributed by atoms with Crippen molar-refractivity contribution >= 4 is 23.4 Å². The molecule has 9 heteroatoms. The van der Waals surface area contributed by atoms with E-state index in [2.05, 4.69) is 15.7 Å². The zero-order valence-electron chi connectivity index (χ0n) is 22.6. The molecule has 2 aliphatic heterocycles. The largest absolute Gasteiger partial charge is 0.374 e. The van der Waals surface area contributed by atoms with Gasteiger partial charge in [0, 0.05) is 26.6 Å². The van der Waals surface area contributed by atoms with Gasteiger partial charge in [-0.3, -0.25) is 14.4 Å². The first kappa shape index (κ1) is 27.5. The fraction of sp³-hybridized carbons (Fsp3) is 0.448. The predicted octanol–water partition coefficient (Wildman–Crippen LogP) is 1.98. The number of hydrogen-bond donors (Lipinski definition) is 2. The Hall–Kier alpha value is -3.56. The Balaban J connectivity index is 1.55. The summed E-state index contributed by atoms with van der Waals surface area (Å²) in [4.78, 5) is 42.1. The van der Waals surface area contributed by atoms with Gasteiger partial charge in [-0.15, -0.1) is 0 Å². The number of nitrogens with zero attached hydrogens (tertiary/aromatic N) is 3. The molecule has 2 heterocycles. The SMILES string of the molecule is CNC(C)(C)C(=O)NC(COCc1ccccc1)C(=O)N1CCC2=NN(C)C(=O)C2(Cc2ccccc2)C1. The molecule has 2 atom stereocenters. The van der Waals surface area contributed by atoms with Crippen LogP contribution in [0.1, 0.15) is 31.4 Å². The number of carbonyl (C=O) groups is 3. The lowest BCUT2D eigenvalue weighted by Crippen LogP contribution is -2.62. The van der Waals surface area contributed by atoms with Gasteiger partial charge >= 0.3 is 0 Å². The zero-order chi connectivity index (χ0) is 27.3. The highest BCUT2D eigenvalue weighted by Gasteiger charge is 2.54. The van der Waals surface area contributed by atoms with Gasteiger partial charge in [0.05, 0.1) is 24.5 Å². The Morgan fingerprint density at radius 1 is 1.08 bits per heavy atom. The standard InChI is InChI=1S/C29H37N5O4/c1-28(2,30-3)26(36)31-23(19-38-18-22-13-9-6-10-14-22)25(35)34-16-15-24-29(20-34,27(37)33(4)32-24)17-21-11-7-5-8-12-21/h5-14,23,30H,15-20H2,1-4H3,(H,31,36). The summed E-state index contributed by atoms with van der Waals surface area (Å²) < 4.78 is 5.91. The summed E-state index contributed by atoms with van der Waals surface area (Å²) in [7, 11) is 3.36. The molecular formula is C29H37N5O4. The van der Waals surface area contributed by atoms with Crippen LogP contribution in [-0.4, -0.2) is 78.7 Å². The van der Waals surface area contributed by atoms with Crippen LogP contribution in [0.2, 0.25) is 0 Å². The van der Waals surface area contributed by atoms with Gasteiger partial charge in [0.1, 0.15) is 11.5 Å². The molecule has 3 amide bonds. The van der Waals surface area contributed by atoms with E-state index in [9.17, 15) is 14.4 Å². The maximum Gasteiger partial charge on any atom is 0.256 e. The van der Waals surface area contributed by atoms with Crippen molar-refractivity contribution in [1.29, 1.82) is 0 Å². The van der Waals surface area contributed by atoms with Crippen molar-refractivity contribution in [2.24, 2.45) is 10.5 Å². The third-order valence-electron chi connectivity index (χ3n) is 7.46. The second-order valence-corrected chi connectivity index (χ2v) is 10.5. The molecule has 2 N–H and O–H groups in total. The predicted molar refractivity (Wildman–Crippen MR) is 145 cm³/mol. The minimum atomic E-state index is -0.923. The lowest BCUT2D eigenvalue weighted by atomic mass is 9.73. The van der Waals surface area contributed by atoms with E-state index in [0.29, 0.717) is 26.0 Å². The van der Waals surface area contributed by atoms with Gasteiger partial charge < -0.3 is 20.3 Å². The molecule has 0 aromatic heterocycles. The molecule has 4 rings (SSSR count). The number of amides is 3.